The Balaban J connectivity index is 2.14. The lowest BCUT2D eigenvalue weighted by atomic mass is 10.0. The number of hydrogen-bond donors (Lipinski definition) is 0. The molecule has 2 saturated carbocycles. The largest absolute Gasteiger partial charge is 0.340 e. The van der Waals surface area contributed by atoms with E-state index < -0.39 is 11.2 Å². The van der Waals surface area contributed by atoms with E-state index in [2.05, 4.69) is 21.1 Å². The SMILES string of the molecule is [C-]#[N+]C1(N=NC2(C#N)CCCC2)CCCC1. The summed E-state index contributed by atoms with van der Waals surface area (Å²) in [5, 5.41) is 17.7. The van der Waals surface area contributed by atoms with Gasteiger partial charge in [0.1, 0.15) is 0 Å². The van der Waals surface area contributed by atoms with Gasteiger partial charge < -0.3 is 0 Å². The predicted octanol–water partition coefficient (Wildman–Crippen LogP) is 3.46. The van der Waals surface area contributed by atoms with Gasteiger partial charge in [-0.15, -0.1) is 5.11 Å². The molecule has 2 aliphatic rings. The Labute approximate surface area is 96.2 Å². The second-order valence-corrected chi connectivity index (χ2v) is 4.85. The molecule has 0 N–H and O–H groups in total. The van der Waals surface area contributed by atoms with Crippen molar-refractivity contribution in [2.75, 3.05) is 0 Å². The lowest BCUT2D eigenvalue weighted by molar-refractivity contribution is 0.450. The zero-order valence-electron chi connectivity index (χ0n) is 9.45. The molecular formula is C12H16N4. The molecule has 0 aliphatic heterocycles. The maximum absolute atomic E-state index is 9.17. The molecule has 0 aromatic heterocycles. The minimum absolute atomic E-state index is 0.611. The van der Waals surface area contributed by atoms with Crippen LogP contribution in [0.5, 0.6) is 0 Å². The normalized spacial score (nSPS) is 26.6. The summed E-state index contributed by atoms with van der Waals surface area (Å²) in [6.07, 6.45) is 7.45. The van der Waals surface area contributed by atoms with Crippen LogP contribution in [0.2, 0.25) is 0 Å². The maximum Gasteiger partial charge on any atom is 0.340 e. The molecule has 2 fully saturated rings. The third kappa shape index (κ3) is 1.93. The summed E-state index contributed by atoms with van der Waals surface area (Å²) < 4.78 is 0. The van der Waals surface area contributed by atoms with Crippen molar-refractivity contribution >= 4 is 0 Å². The second-order valence-electron chi connectivity index (χ2n) is 4.85. The van der Waals surface area contributed by atoms with Crippen LogP contribution in [0.4, 0.5) is 0 Å². The highest BCUT2D eigenvalue weighted by atomic mass is 15.3. The van der Waals surface area contributed by atoms with Crippen molar-refractivity contribution in [3.05, 3.63) is 11.4 Å². The van der Waals surface area contributed by atoms with E-state index in [-0.39, 0.29) is 0 Å². The van der Waals surface area contributed by atoms with Crippen LogP contribution in [0, 0.1) is 17.9 Å². The van der Waals surface area contributed by atoms with E-state index >= 15 is 0 Å². The van der Waals surface area contributed by atoms with Crippen molar-refractivity contribution in [1.82, 2.24) is 0 Å². The van der Waals surface area contributed by atoms with Gasteiger partial charge in [0, 0.05) is 12.8 Å². The highest BCUT2D eigenvalue weighted by Gasteiger charge is 2.42. The topological polar surface area (TPSA) is 52.9 Å². The molecule has 0 radical (unpaired) electrons. The first kappa shape index (κ1) is 11.1. The van der Waals surface area contributed by atoms with Gasteiger partial charge in [-0.3, -0.25) is 4.85 Å². The molecular weight excluding hydrogens is 200 g/mol. The number of nitriles is 1. The van der Waals surface area contributed by atoms with Gasteiger partial charge >= 0.3 is 5.66 Å². The van der Waals surface area contributed by atoms with Crippen molar-refractivity contribution in [2.24, 2.45) is 10.2 Å². The zero-order chi connectivity index (χ0) is 11.5. The Bertz CT molecular complexity index is 323. The molecule has 0 aromatic rings. The van der Waals surface area contributed by atoms with Gasteiger partial charge in [-0.2, -0.15) is 10.4 Å². The predicted molar refractivity (Wildman–Crippen MR) is 59.5 cm³/mol. The minimum Gasteiger partial charge on any atom is -0.283 e. The van der Waals surface area contributed by atoms with E-state index in [4.69, 9.17) is 11.8 Å². The summed E-state index contributed by atoms with van der Waals surface area (Å²) >= 11 is 0. The van der Waals surface area contributed by atoms with Crippen LogP contribution in [-0.2, 0) is 0 Å². The fourth-order valence-electron chi connectivity index (χ4n) is 2.56. The van der Waals surface area contributed by atoms with Gasteiger partial charge in [0.25, 0.3) is 0 Å². The zero-order valence-corrected chi connectivity index (χ0v) is 9.45. The van der Waals surface area contributed by atoms with Gasteiger partial charge in [-0.05, 0) is 38.5 Å². The quantitative estimate of drug-likeness (QED) is 0.515. The lowest BCUT2D eigenvalue weighted by Gasteiger charge is -2.14. The standard InChI is InChI=1S/C12H16N4/c1-14-12(8-4-5-9-12)16-15-11(10-13)6-2-3-7-11/h2-9H2. The molecule has 2 rings (SSSR count). The summed E-state index contributed by atoms with van der Waals surface area (Å²) in [6, 6.07) is 2.28. The molecule has 0 spiro atoms. The fourth-order valence-corrected chi connectivity index (χ4v) is 2.56. The van der Waals surface area contributed by atoms with E-state index in [0.717, 1.165) is 51.4 Å². The molecule has 0 amide bonds. The van der Waals surface area contributed by atoms with E-state index in [1.54, 1.807) is 0 Å². The third-order valence-corrected chi connectivity index (χ3v) is 3.68. The van der Waals surface area contributed by atoms with Crippen LogP contribution in [-0.4, -0.2) is 11.2 Å². The van der Waals surface area contributed by atoms with Gasteiger partial charge in [0.2, 0.25) is 0 Å². The van der Waals surface area contributed by atoms with Crippen LogP contribution in [0.3, 0.4) is 0 Å². The monoisotopic (exact) mass is 216 g/mol. The minimum atomic E-state index is -0.632. The van der Waals surface area contributed by atoms with Gasteiger partial charge in [-0.1, -0.05) is 0 Å². The fraction of sp³-hybridized carbons (Fsp3) is 0.833. The van der Waals surface area contributed by atoms with E-state index in [9.17, 15) is 0 Å². The molecule has 84 valence electrons. The Kier molecular flexibility index (Phi) is 2.92. The van der Waals surface area contributed by atoms with Crippen molar-refractivity contribution in [3.63, 3.8) is 0 Å². The van der Waals surface area contributed by atoms with E-state index in [1.807, 2.05) is 0 Å². The molecule has 0 atom stereocenters. The molecule has 4 nitrogen and oxygen atoms in total. The number of hydrogen-bond acceptors (Lipinski definition) is 3. The molecule has 0 saturated heterocycles. The Hall–Kier alpha value is -1.42. The van der Waals surface area contributed by atoms with Gasteiger partial charge in [0.05, 0.1) is 6.07 Å². The molecule has 0 bridgehead atoms. The van der Waals surface area contributed by atoms with Crippen molar-refractivity contribution in [3.8, 4) is 6.07 Å². The number of rotatable bonds is 2. The molecule has 0 unspecified atom stereocenters. The summed E-state index contributed by atoms with van der Waals surface area (Å²) in [5.41, 5.74) is -1.24. The van der Waals surface area contributed by atoms with Gasteiger partial charge in [-0.25, -0.2) is 6.57 Å². The van der Waals surface area contributed by atoms with Crippen molar-refractivity contribution in [2.45, 2.75) is 62.6 Å². The summed E-state index contributed by atoms with van der Waals surface area (Å²) in [7, 11) is 0. The summed E-state index contributed by atoms with van der Waals surface area (Å²) in [6.45, 7) is 7.23. The first-order valence-corrected chi connectivity index (χ1v) is 5.98. The van der Waals surface area contributed by atoms with Crippen LogP contribution in [0.1, 0.15) is 51.4 Å². The van der Waals surface area contributed by atoms with E-state index in [0.29, 0.717) is 0 Å². The Morgan fingerprint density at radius 2 is 1.56 bits per heavy atom. The molecule has 4 heteroatoms. The van der Waals surface area contributed by atoms with Crippen LogP contribution < -0.4 is 0 Å². The third-order valence-electron chi connectivity index (χ3n) is 3.68. The van der Waals surface area contributed by atoms with Crippen LogP contribution in [0.15, 0.2) is 10.2 Å². The second kappa shape index (κ2) is 4.22. The maximum atomic E-state index is 9.17. The average molecular weight is 216 g/mol. The van der Waals surface area contributed by atoms with Crippen molar-refractivity contribution < 1.29 is 0 Å². The first-order valence-electron chi connectivity index (χ1n) is 5.98. The lowest BCUT2D eigenvalue weighted by Crippen LogP contribution is -2.22. The average Bonchev–Trinajstić information content (AvgIpc) is 2.97. The Morgan fingerprint density at radius 3 is 2.06 bits per heavy atom. The summed E-state index contributed by atoms with van der Waals surface area (Å²) in [5.74, 6) is 0. The summed E-state index contributed by atoms with van der Waals surface area (Å²) in [4.78, 5) is 3.63. The molecule has 0 aromatic carbocycles. The first-order chi connectivity index (χ1) is 7.74. The molecule has 16 heavy (non-hydrogen) atoms. The number of nitrogens with zero attached hydrogens (tertiary/aromatic N) is 4. The Morgan fingerprint density at radius 1 is 1.00 bits per heavy atom. The van der Waals surface area contributed by atoms with Crippen LogP contribution in [0.25, 0.3) is 4.85 Å². The highest BCUT2D eigenvalue weighted by Crippen LogP contribution is 2.38. The highest BCUT2D eigenvalue weighted by molar-refractivity contribution is 5.10. The van der Waals surface area contributed by atoms with E-state index in [1.165, 1.54) is 0 Å². The van der Waals surface area contributed by atoms with Crippen LogP contribution >= 0.6 is 0 Å². The number of azo groups is 1. The van der Waals surface area contributed by atoms with Gasteiger partial charge in [0.15, 0.2) is 5.54 Å². The molecule has 0 heterocycles. The smallest absolute Gasteiger partial charge is 0.283 e. The molecule has 2 aliphatic carbocycles. The van der Waals surface area contributed by atoms with Crippen molar-refractivity contribution in [1.29, 1.82) is 5.26 Å².